The minimum Gasteiger partial charge on any atom is -0.370 e. The molecule has 0 saturated heterocycles. The van der Waals surface area contributed by atoms with Crippen molar-refractivity contribution in [2.24, 2.45) is 23.0 Å². The maximum Gasteiger partial charge on any atom is 0.195 e. The highest BCUT2D eigenvalue weighted by Crippen LogP contribution is 2.28. The highest BCUT2D eigenvalue weighted by molar-refractivity contribution is 5.94. The van der Waals surface area contributed by atoms with Crippen molar-refractivity contribution in [3.05, 3.63) is 0 Å². The van der Waals surface area contributed by atoms with Crippen molar-refractivity contribution in [2.45, 2.75) is 41.0 Å². The van der Waals surface area contributed by atoms with E-state index in [4.69, 9.17) is 16.6 Å². The Balaban J connectivity index is 4.19. The van der Waals surface area contributed by atoms with Gasteiger partial charge in [-0.2, -0.15) is 0 Å². The zero-order valence-electron chi connectivity index (χ0n) is 11.6. The molecule has 0 radical (unpaired) electrons. The third-order valence-electron chi connectivity index (χ3n) is 2.62. The third-order valence-corrected chi connectivity index (χ3v) is 2.62. The summed E-state index contributed by atoms with van der Waals surface area (Å²) >= 11 is 0. The smallest absolute Gasteiger partial charge is 0.195 e. The van der Waals surface area contributed by atoms with Gasteiger partial charge in [0.1, 0.15) is 0 Å². The van der Waals surface area contributed by atoms with Gasteiger partial charge < -0.3 is 11.1 Å². The molecule has 0 saturated carbocycles. The number of nitrogens with two attached hydrogens (primary N) is 1. The van der Waals surface area contributed by atoms with Gasteiger partial charge >= 0.3 is 0 Å². The van der Waals surface area contributed by atoms with Gasteiger partial charge in [0, 0.05) is 6.54 Å². The summed E-state index contributed by atoms with van der Waals surface area (Å²) in [5.74, 6) is 0.951. The van der Waals surface area contributed by atoms with Gasteiger partial charge in [0.05, 0.1) is 0 Å². The van der Waals surface area contributed by atoms with E-state index in [9.17, 15) is 0 Å². The first kappa shape index (κ1) is 15.7. The maximum atomic E-state index is 7.54. The van der Waals surface area contributed by atoms with Crippen molar-refractivity contribution < 1.29 is 0 Å². The molecule has 5 heteroatoms. The molecule has 1 atom stereocenters. The van der Waals surface area contributed by atoms with E-state index in [1.165, 1.54) is 0 Å². The molecule has 0 aliphatic heterocycles. The van der Waals surface area contributed by atoms with Gasteiger partial charge in [-0.05, 0) is 23.7 Å². The van der Waals surface area contributed by atoms with E-state index >= 15 is 0 Å². The average Bonchev–Trinajstić information content (AvgIpc) is 2.08. The van der Waals surface area contributed by atoms with Crippen LogP contribution in [0, 0.1) is 28.1 Å². The lowest BCUT2D eigenvalue weighted by atomic mass is 9.79. The van der Waals surface area contributed by atoms with Crippen LogP contribution < -0.4 is 16.4 Å². The highest BCUT2D eigenvalue weighted by atomic mass is 15.2. The Morgan fingerprint density at radius 3 is 2.12 bits per heavy atom. The number of hydrogen-bond donors (Lipinski definition) is 5. The van der Waals surface area contributed by atoms with Gasteiger partial charge in [-0.15, -0.1) is 0 Å². The molecular weight excluding hydrogens is 214 g/mol. The lowest BCUT2D eigenvalue weighted by Gasteiger charge is -2.29. The molecule has 0 aromatic carbocycles. The number of rotatable bonds is 4. The van der Waals surface area contributed by atoms with Crippen LogP contribution in [0.1, 0.15) is 41.0 Å². The molecule has 0 fully saturated rings. The predicted octanol–water partition coefficient (Wildman–Crippen LogP) is 1.70. The molecule has 5 nitrogen and oxygen atoms in total. The molecular formula is C12H27N5. The van der Waals surface area contributed by atoms with Crippen molar-refractivity contribution >= 4 is 11.9 Å². The number of nitrogens with one attached hydrogen (secondary N) is 4. The molecule has 100 valence electrons. The zero-order valence-corrected chi connectivity index (χ0v) is 11.6. The quantitative estimate of drug-likeness (QED) is 0.383. The highest BCUT2D eigenvalue weighted by Gasteiger charge is 2.21. The second-order valence-corrected chi connectivity index (χ2v) is 6.06. The maximum absolute atomic E-state index is 7.54. The van der Waals surface area contributed by atoms with Crippen LogP contribution in [0.25, 0.3) is 0 Å². The fourth-order valence-corrected chi connectivity index (χ4v) is 1.74. The van der Waals surface area contributed by atoms with Gasteiger partial charge in [0.15, 0.2) is 11.9 Å². The average molecular weight is 241 g/mol. The Labute approximate surface area is 105 Å². The summed E-state index contributed by atoms with van der Waals surface area (Å²) < 4.78 is 0. The van der Waals surface area contributed by atoms with E-state index in [1.807, 2.05) is 0 Å². The first-order chi connectivity index (χ1) is 7.61. The van der Waals surface area contributed by atoms with E-state index < -0.39 is 0 Å². The van der Waals surface area contributed by atoms with Crippen LogP contribution in [0.5, 0.6) is 0 Å². The number of guanidine groups is 2. The van der Waals surface area contributed by atoms with Crippen molar-refractivity contribution in [1.29, 1.82) is 10.8 Å². The molecule has 0 heterocycles. The molecule has 0 spiro atoms. The molecule has 17 heavy (non-hydrogen) atoms. The minimum absolute atomic E-state index is 0.0945. The van der Waals surface area contributed by atoms with Gasteiger partial charge in [-0.3, -0.25) is 16.1 Å². The van der Waals surface area contributed by atoms with Crippen molar-refractivity contribution in [1.82, 2.24) is 10.6 Å². The molecule has 0 aliphatic carbocycles. The summed E-state index contributed by atoms with van der Waals surface area (Å²) in [6, 6.07) is 0. The summed E-state index contributed by atoms with van der Waals surface area (Å²) in [5, 5.41) is 20.0. The van der Waals surface area contributed by atoms with Gasteiger partial charge in [-0.1, -0.05) is 34.6 Å². The van der Waals surface area contributed by atoms with Crippen LogP contribution in [0.15, 0.2) is 0 Å². The Morgan fingerprint density at radius 1 is 1.24 bits per heavy atom. The largest absolute Gasteiger partial charge is 0.370 e. The fourth-order valence-electron chi connectivity index (χ4n) is 1.74. The standard InChI is InChI=1S/C12H27N5/c1-8(2)9(6-12(3,4)5)7-16-11(15)17-10(13)14/h8-9H,6-7H2,1-5H3,(H6,13,14,15,16,17). The first-order valence-corrected chi connectivity index (χ1v) is 6.05. The Hall–Kier alpha value is -1.26. The summed E-state index contributed by atoms with van der Waals surface area (Å²) in [6.07, 6.45) is 1.10. The first-order valence-electron chi connectivity index (χ1n) is 6.05. The van der Waals surface area contributed by atoms with Crippen molar-refractivity contribution in [3.8, 4) is 0 Å². The van der Waals surface area contributed by atoms with Crippen LogP contribution in [0.2, 0.25) is 0 Å². The lowest BCUT2D eigenvalue weighted by molar-refractivity contribution is 0.243. The van der Waals surface area contributed by atoms with E-state index in [2.05, 4.69) is 45.3 Å². The molecule has 0 aromatic heterocycles. The molecule has 1 unspecified atom stereocenters. The predicted molar refractivity (Wildman–Crippen MR) is 73.2 cm³/mol. The third kappa shape index (κ3) is 8.54. The molecule has 0 amide bonds. The van der Waals surface area contributed by atoms with E-state index in [0.717, 1.165) is 13.0 Å². The van der Waals surface area contributed by atoms with Gasteiger partial charge in [0.25, 0.3) is 0 Å². The molecule has 0 rings (SSSR count). The zero-order chi connectivity index (χ0) is 13.6. The monoisotopic (exact) mass is 241 g/mol. The van der Waals surface area contributed by atoms with Crippen LogP contribution in [0.4, 0.5) is 0 Å². The molecule has 0 aliphatic rings. The topological polar surface area (TPSA) is 97.8 Å². The van der Waals surface area contributed by atoms with E-state index in [0.29, 0.717) is 11.8 Å². The number of hydrogen-bond acceptors (Lipinski definition) is 2. The summed E-state index contributed by atoms with van der Waals surface area (Å²) in [5.41, 5.74) is 5.44. The van der Waals surface area contributed by atoms with Crippen LogP contribution >= 0.6 is 0 Å². The van der Waals surface area contributed by atoms with Crippen LogP contribution in [0.3, 0.4) is 0 Å². The second-order valence-electron chi connectivity index (χ2n) is 6.06. The van der Waals surface area contributed by atoms with E-state index in [-0.39, 0.29) is 17.3 Å². The van der Waals surface area contributed by atoms with Gasteiger partial charge in [0.2, 0.25) is 0 Å². The SMILES string of the molecule is CC(C)C(CNC(=N)NC(=N)N)CC(C)(C)C. The molecule has 0 bridgehead atoms. The van der Waals surface area contributed by atoms with Crippen molar-refractivity contribution in [2.75, 3.05) is 6.54 Å². The molecule has 0 aromatic rings. The fraction of sp³-hybridized carbons (Fsp3) is 0.833. The lowest BCUT2D eigenvalue weighted by Crippen LogP contribution is -2.45. The summed E-state index contributed by atoms with van der Waals surface area (Å²) in [7, 11) is 0. The normalized spacial score (nSPS) is 13.3. The van der Waals surface area contributed by atoms with Crippen LogP contribution in [-0.4, -0.2) is 18.5 Å². The molecule has 6 N–H and O–H groups in total. The van der Waals surface area contributed by atoms with Crippen LogP contribution in [-0.2, 0) is 0 Å². The Kier molecular flexibility index (Phi) is 5.99. The Morgan fingerprint density at radius 2 is 1.76 bits per heavy atom. The van der Waals surface area contributed by atoms with Crippen molar-refractivity contribution in [3.63, 3.8) is 0 Å². The summed E-state index contributed by atoms with van der Waals surface area (Å²) in [4.78, 5) is 0. The minimum atomic E-state index is -0.209. The summed E-state index contributed by atoms with van der Waals surface area (Å²) in [6.45, 7) is 11.8. The van der Waals surface area contributed by atoms with E-state index in [1.54, 1.807) is 0 Å². The Bertz CT molecular complexity index is 265. The van der Waals surface area contributed by atoms with Gasteiger partial charge in [-0.25, -0.2) is 0 Å². The second kappa shape index (κ2) is 6.47.